The van der Waals surface area contributed by atoms with Crippen molar-refractivity contribution in [3.63, 3.8) is 0 Å². The Balaban J connectivity index is 0.00000300. The van der Waals surface area contributed by atoms with Crippen molar-refractivity contribution in [2.75, 3.05) is 0 Å². The van der Waals surface area contributed by atoms with E-state index in [1.807, 2.05) is 36.7 Å². The van der Waals surface area contributed by atoms with Crippen LogP contribution in [0.2, 0.25) is 0 Å². The van der Waals surface area contributed by atoms with Gasteiger partial charge in [0.25, 0.3) is 0 Å². The van der Waals surface area contributed by atoms with E-state index < -0.39 is 0 Å². The summed E-state index contributed by atoms with van der Waals surface area (Å²) in [5.41, 5.74) is 15.4. The summed E-state index contributed by atoms with van der Waals surface area (Å²) in [6.07, 6.45) is 7.45. The Morgan fingerprint density at radius 2 is 0.721 bits per heavy atom. The summed E-state index contributed by atoms with van der Waals surface area (Å²) in [6, 6.07) is 38.3. The number of hydrogen-bond donors (Lipinski definition) is 0. The van der Waals surface area contributed by atoms with Gasteiger partial charge in [-0.15, -0.1) is 22.7 Å². The molecule has 4 aromatic carbocycles. The summed E-state index contributed by atoms with van der Waals surface area (Å²) in [5, 5.41) is 10.9. The van der Waals surface area contributed by atoms with Crippen LogP contribution in [0.25, 0.3) is 44.3 Å². The second-order valence-electron chi connectivity index (χ2n) is 10.9. The summed E-state index contributed by atoms with van der Waals surface area (Å²) < 4.78 is 0. The molecule has 0 bridgehead atoms. The smallest absolute Gasteiger partial charge is 0.656 e. The van der Waals surface area contributed by atoms with Crippen LogP contribution in [-0.2, 0) is 46.7 Å². The van der Waals surface area contributed by atoms with E-state index in [1.165, 1.54) is 22.3 Å². The van der Waals surface area contributed by atoms with E-state index in [2.05, 4.69) is 94.9 Å². The van der Waals surface area contributed by atoms with Crippen LogP contribution in [-0.4, -0.2) is 9.97 Å². The predicted octanol–water partition coefficient (Wildman–Crippen LogP) is 10.3. The summed E-state index contributed by atoms with van der Waals surface area (Å²) in [5.74, 6) is 0. The van der Waals surface area contributed by atoms with E-state index in [-0.39, 0.29) is 21.1 Å². The summed E-state index contributed by atoms with van der Waals surface area (Å²) >= 11 is 0. The molecule has 0 saturated heterocycles. The van der Waals surface area contributed by atoms with Gasteiger partial charge < -0.3 is 10.6 Å². The van der Waals surface area contributed by atoms with Gasteiger partial charge in [-0.1, -0.05) is 107 Å². The molecule has 2 aliphatic heterocycles. The van der Waals surface area contributed by atoms with Crippen LogP contribution in [0.15, 0.2) is 122 Å². The van der Waals surface area contributed by atoms with Crippen molar-refractivity contribution < 1.29 is 21.1 Å². The van der Waals surface area contributed by atoms with Gasteiger partial charge >= 0.3 is 21.1 Å². The molecule has 0 fully saturated rings. The Morgan fingerprint density at radius 1 is 0.372 bits per heavy atom. The van der Waals surface area contributed by atoms with Gasteiger partial charge in [-0.3, -0.25) is 9.97 Å². The van der Waals surface area contributed by atoms with E-state index >= 15 is 0 Å². The van der Waals surface area contributed by atoms with Crippen molar-refractivity contribution >= 4 is 22.7 Å². The number of rotatable bonds is 3. The predicted molar refractivity (Wildman–Crippen MR) is 171 cm³/mol. The Bertz CT molecular complexity index is 1790. The average Bonchev–Trinajstić information content (AvgIpc) is 3.37. The van der Waals surface area contributed by atoms with Gasteiger partial charge in [0.1, 0.15) is 0 Å². The molecule has 0 radical (unpaired) electrons. The minimum atomic E-state index is 0. The second-order valence-corrected chi connectivity index (χ2v) is 10.9. The minimum Gasteiger partial charge on any atom is -0.656 e. The molecule has 0 saturated carbocycles. The molecule has 5 heteroatoms. The third kappa shape index (κ3) is 4.96. The Labute approximate surface area is 266 Å². The molecule has 0 amide bonds. The molecule has 4 heterocycles. The zero-order valence-electron chi connectivity index (χ0n) is 23.5. The monoisotopic (exact) mass is 735 g/mol. The molecule has 0 atom stereocenters. The van der Waals surface area contributed by atoms with E-state index in [4.69, 9.17) is 10.6 Å². The number of benzene rings is 4. The standard InChI is InChI=1S/C38H28N4.Pt/c1-3-23-39-33(17-1)31-15-7-11-27-21-19-25-9-5-13-29(35(25)41-37(27)31)30-14-6-10-26-20-22-28-12-8-16-32(38(28)42-36(26)30)34-18-2-4-24-40-34;/h1-18,23-24H,19-22H2;/q-2;+2. The number of aromatic nitrogens is 2. The van der Waals surface area contributed by atoms with Crippen molar-refractivity contribution in [3.8, 4) is 33.6 Å². The summed E-state index contributed by atoms with van der Waals surface area (Å²) in [4.78, 5) is 9.33. The van der Waals surface area contributed by atoms with Crippen LogP contribution >= 0.6 is 0 Å². The largest absolute Gasteiger partial charge is 2.00 e. The minimum absolute atomic E-state index is 0. The molecule has 2 aliphatic rings. The maximum Gasteiger partial charge on any atom is 2.00 e. The van der Waals surface area contributed by atoms with Crippen molar-refractivity contribution in [1.29, 1.82) is 0 Å². The fraction of sp³-hybridized carbons (Fsp3) is 0.105. The van der Waals surface area contributed by atoms with Crippen LogP contribution < -0.4 is 0 Å². The first kappa shape index (κ1) is 27.3. The number of para-hydroxylation sites is 4. The third-order valence-corrected chi connectivity index (χ3v) is 8.42. The Morgan fingerprint density at radius 3 is 1.07 bits per heavy atom. The number of hydrogen-bond acceptors (Lipinski definition) is 2. The number of fused-ring (bicyclic) bond motifs is 4. The van der Waals surface area contributed by atoms with Crippen molar-refractivity contribution in [2.45, 2.75) is 25.7 Å². The maximum atomic E-state index is 5.45. The molecule has 210 valence electrons. The Kier molecular flexibility index (Phi) is 7.38. The van der Waals surface area contributed by atoms with Crippen LogP contribution in [0.4, 0.5) is 22.7 Å². The van der Waals surface area contributed by atoms with Gasteiger partial charge in [-0.25, -0.2) is 0 Å². The fourth-order valence-electron chi connectivity index (χ4n) is 6.35. The Hall–Kier alpha value is -4.53. The number of aryl methyl sites for hydroxylation is 4. The molecule has 4 nitrogen and oxygen atoms in total. The SMILES string of the molecule is [Pt+2].c1ccc(-c2cccc3c2[N-]c2c(cccc2-c2cccc4c2[N-]c2c(cccc2-c2ccccn2)CC4)CC3)nc1. The molecule has 0 spiro atoms. The molecular weight excluding hydrogens is 708 g/mol. The molecule has 43 heavy (non-hydrogen) atoms. The van der Waals surface area contributed by atoms with Crippen molar-refractivity contribution in [3.05, 3.63) is 154 Å². The zero-order valence-corrected chi connectivity index (χ0v) is 25.8. The second kappa shape index (κ2) is 11.6. The van der Waals surface area contributed by atoms with Crippen LogP contribution in [0.5, 0.6) is 0 Å². The molecule has 0 N–H and O–H groups in total. The van der Waals surface area contributed by atoms with Gasteiger partial charge in [-0.2, -0.15) is 0 Å². The van der Waals surface area contributed by atoms with Crippen molar-refractivity contribution in [2.24, 2.45) is 0 Å². The van der Waals surface area contributed by atoms with E-state index in [0.717, 1.165) is 82.1 Å². The normalized spacial score (nSPS) is 12.9. The topological polar surface area (TPSA) is 54.0 Å². The first-order valence-corrected chi connectivity index (χ1v) is 14.6. The van der Waals surface area contributed by atoms with Gasteiger partial charge in [0, 0.05) is 12.4 Å². The van der Waals surface area contributed by atoms with Crippen LogP contribution in [0.1, 0.15) is 22.3 Å². The van der Waals surface area contributed by atoms with Gasteiger partial charge in [0.05, 0.1) is 11.4 Å². The quantitative estimate of drug-likeness (QED) is 0.182. The van der Waals surface area contributed by atoms with Crippen LogP contribution in [0.3, 0.4) is 0 Å². The van der Waals surface area contributed by atoms with E-state index in [9.17, 15) is 0 Å². The fourth-order valence-corrected chi connectivity index (χ4v) is 6.35. The summed E-state index contributed by atoms with van der Waals surface area (Å²) in [6.45, 7) is 0. The summed E-state index contributed by atoms with van der Waals surface area (Å²) in [7, 11) is 0. The molecule has 6 aromatic rings. The zero-order chi connectivity index (χ0) is 27.9. The maximum absolute atomic E-state index is 5.45. The van der Waals surface area contributed by atoms with Crippen LogP contribution in [0, 0.1) is 0 Å². The molecule has 0 aliphatic carbocycles. The van der Waals surface area contributed by atoms with Crippen molar-refractivity contribution in [1.82, 2.24) is 9.97 Å². The van der Waals surface area contributed by atoms with Gasteiger partial charge in [0.15, 0.2) is 0 Å². The van der Waals surface area contributed by atoms with Gasteiger partial charge in [0.2, 0.25) is 0 Å². The molecule has 2 aromatic heterocycles. The third-order valence-electron chi connectivity index (χ3n) is 8.42. The van der Waals surface area contributed by atoms with E-state index in [1.54, 1.807) is 0 Å². The number of nitrogens with zero attached hydrogens (tertiary/aromatic N) is 4. The molecule has 8 rings (SSSR count). The molecule has 0 unspecified atom stereocenters. The first-order valence-electron chi connectivity index (χ1n) is 14.6. The average molecular weight is 736 g/mol. The molecular formula is C38H28N4Pt. The first-order chi connectivity index (χ1) is 20.8. The van der Waals surface area contributed by atoms with E-state index in [0.29, 0.717) is 0 Å². The van der Waals surface area contributed by atoms with Gasteiger partial charge in [-0.05, 0) is 72.2 Å². The number of pyridine rings is 2.